The summed E-state index contributed by atoms with van der Waals surface area (Å²) in [5.41, 5.74) is 6.36. The highest BCUT2D eigenvalue weighted by atomic mass is 19.1. The summed E-state index contributed by atoms with van der Waals surface area (Å²) >= 11 is 0. The van der Waals surface area contributed by atoms with Crippen molar-refractivity contribution in [3.63, 3.8) is 0 Å². The van der Waals surface area contributed by atoms with E-state index in [2.05, 4.69) is 20.9 Å². The number of aliphatic imine (C=N–C) groups is 1. The molecule has 0 aromatic heterocycles. The number of nitrogens with one attached hydrogen (secondary N) is 3. The number of amides is 3. The molecule has 3 amide bonds. The van der Waals surface area contributed by atoms with Crippen LogP contribution in [-0.4, -0.2) is 37.1 Å². The molecule has 2 aromatic rings. The predicted octanol–water partition coefficient (Wildman–Crippen LogP) is 1.12. The van der Waals surface area contributed by atoms with Crippen molar-refractivity contribution in [1.82, 2.24) is 10.6 Å². The molecule has 1 unspecified atom stereocenters. The molecule has 9 heteroatoms. The second-order valence-electron chi connectivity index (χ2n) is 6.98. The molecule has 1 aliphatic rings. The van der Waals surface area contributed by atoms with Crippen LogP contribution in [0.2, 0.25) is 0 Å². The maximum atomic E-state index is 13.5. The van der Waals surface area contributed by atoms with Crippen LogP contribution in [-0.2, 0) is 15.1 Å². The maximum Gasteiger partial charge on any atom is 0.267 e. The average Bonchev–Trinajstić information content (AvgIpc) is 3.13. The van der Waals surface area contributed by atoms with Crippen LogP contribution >= 0.6 is 0 Å². The Balaban J connectivity index is 1.89. The van der Waals surface area contributed by atoms with Gasteiger partial charge in [0.2, 0.25) is 5.91 Å². The number of carbonyl (C=O) groups is 3. The molecule has 1 heterocycles. The topological polar surface area (TPSA) is 126 Å². The highest BCUT2D eigenvalue weighted by Gasteiger charge is 2.49. The molecule has 0 radical (unpaired) electrons. The summed E-state index contributed by atoms with van der Waals surface area (Å²) in [6.07, 6.45) is 0. The van der Waals surface area contributed by atoms with Gasteiger partial charge in [0.25, 0.3) is 11.8 Å². The van der Waals surface area contributed by atoms with E-state index in [0.29, 0.717) is 27.9 Å². The monoisotopic (exact) mass is 411 g/mol. The molecule has 1 aliphatic heterocycles. The lowest BCUT2D eigenvalue weighted by Gasteiger charge is -2.27. The number of halogens is 1. The van der Waals surface area contributed by atoms with Crippen LogP contribution in [0.15, 0.2) is 41.4 Å². The van der Waals surface area contributed by atoms with Gasteiger partial charge in [-0.15, -0.1) is 0 Å². The first-order valence-electron chi connectivity index (χ1n) is 9.21. The van der Waals surface area contributed by atoms with Crippen molar-refractivity contribution in [2.45, 2.75) is 19.4 Å². The van der Waals surface area contributed by atoms with Gasteiger partial charge in [0.15, 0.2) is 5.54 Å². The Morgan fingerprint density at radius 2 is 1.70 bits per heavy atom. The highest BCUT2D eigenvalue weighted by Crippen LogP contribution is 2.28. The molecule has 0 saturated heterocycles. The lowest BCUT2D eigenvalue weighted by Crippen LogP contribution is -2.58. The first-order valence-corrected chi connectivity index (χ1v) is 9.21. The molecular weight excluding hydrogens is 389 g/mol. The zero-order valence-electron chi connectivity index (χ0n) is 16.8. The van der Waals surface area contributed by atoms with Gasteiger partial charge >= 0.3 is 0 Å². The van der Waals surface area contributed by atoms with Gasteiger partial charge in [-0.3, -0.25) is 24.7 Å². The summed E-state index contributed by atoms with van der Waals surface area (Å²) in [6, 6.07) is 8.95. The van der Waals surface area contributed by atoms with Crippen LogP contribution in [0.5, 0.6) is 0 Å². The number of primary amides is 1. The van der Waals surface area contributed by atoms with Crippen molar-refractivity contribution < 1.29 is 18.8 Å². The van der Waals surface area contributed by atoms with Gasteiger partial charge < -0.3 is 16.4 Å². The third-order valence-electron chi connectivity index (χ3n) is 5.05. The molecule has 30 heavy (non-hydrogen) atoms. The Morgan fingerprint density at radius 3 is 2.23 bits per heavy atom. The molecule has 0 saturated carbocycles. The number of carbonyl (C=O) groups excluding carboxylic acids is 3. The number of hydrogen-bond donors (Lipinski definition) is 4. The van der Waals surface area contributed by atoms with E-state index in [1.165, 1.54) is 19.2 Å². The van der Waals surface area contributed by atoms with E-state index >= 15 is 0 Å². The van der Waals surface area contributed by atoms with E-state index in [4.69, 9.17) is 5.73 Å². The number of benzene rings is 2. The van der Waals surface area contributed by atoms with Gasteiger partial charge in [0.05, 0.1) is 6.67 Å². The third kappa shape index (κ3) is 3.55. The first-order chi connectivity index (χ1) is 14.2. The molecule has 2 aromatic carbocycles. The molecule has 1 atom stereocenters. The Kier molecular flexibility index (Phi) is 5.66. The summed E-state index contributed by atoms with van der Waals surface area (Å²) in [5, 5.41) is 8.11. The minimum atomic E-state index is -1.56. The zero-order chi connectivity index (χ0) is 22.1. The summed E-state index contributed by atoms with van der Waals surface area (Å²) in [7, 11) is 1.44. The van der Waals surface area contributed by atoms with Crippen LogP contribution in [0.1, 0.15) is 27.0 Å². The largest absolute Gasteiger partial charge is 0.367 e. The summed E-state index contributed by atoms with van der Waals surface area (Å²) < 4.78 is 13.5. The summed E-state index contributed by atoms with van der Waals surface area (Å²) in [6.45, 7) is 3.39. The second-order valence-corrected chi connectivity index (χ2v) is 6.98. The fourth-order valence-electron chi connectivity index (χ4n) is 3.65. The van der Waals surface area contributed by atoms with Crippen molar-refractivity contribution >= 4 is 29.1 Å². The van der Waals surface area contributed by atoms with E-state index in [9.17, 15) is 18.8 Å². The number of rotatable bonds is 5. The van der Waals surface area contributed by atoms with Crippen LogP contribution in [0.25, 0.3) is 0 Å². The normalized spacial score (nSPS) is 17.9. The Labute approximate surface area is 172 Å². The minimum absolute atomic E-state index is 0.0214. The van der Waals surface area contributed by atoms with Crippen molar-refractivity contribution in [2.75, 3.05) is 19.0 Å². The zero-order valence-corrected chi connectivity index (χ0v) is 16.8. The molecule has 3 rings (SSSR count). The molecule has 0 aliphatic carbocycles. The van der Waals surface area contributed by atoms with Crippen LogP contribution in [0.3, 0.4) is 0 Å². The van der Waals surface area contributed by atoms with E-state index in [1.807, 2.05) is 0 Å². The maximum absolute atomic E-state index is 13.5. The SMILES string of the molecule is CNC(=O)C1=NCNC1(C(N)=O)c1ccc(NC(=O)c2c(C)cc(F)cc2C)cc1. The van der Waals surface area contributed by atoms with Crippen molar-refractivity contribution in [1.29, 1.82) is 0 Å². The number of nitrogens with two attached hydrogens (primary N) is 1. The van der Waals surface area contributed by atoms with Gasteiger partial charge in [0.1, 0.15) is 11.5 Å². The standard InChI is InChI=1S/C21H22FN5O3/c1-11-8-14(22)9-12(2)16(11)18(28)27-15-6-4-13(5-7-15)21(20(23)30)17(19(29)24-3)25-10-26-21/h4-9,26H,10H2,1-3H3,(H2,23,30)(H,24,29)(H,27,28). The van der Waals surface area contributed by atoms with Gasteiger partial charge in [-0.2, -0.15) is 0 Å². The smallest absolute Gasteiger partial charge is 0.267 e. The minimum Gasteiger partial charge on any atom is -0.367 e. The van der Waals surface area contributed by atoms with Gasteiger partial charge in [0, 0.05) is 18.3 Å². The highest BCUT2D eigenvalue weighted by molar-refractivity contribution is 6.47. The predicted molar refractivity (Wildman–Crippen MR) is 111 cm³/mol. The molecule has 0 fully saturated rings. The Bertz CT molecular complexity index is 1040. The van der Waals surface area contributed by atoms with E-state index in [1.54, 1.807) is 38.1 Å². The molecule has 0 bridgehead atoms. The fourth-order valence-corrected chi connectivity index (χ4v) is 3.65. The number of anilines is 1. The van der Waals surface area contributed by atoms with Crippen molar-refractivity contribution in [3.05, 3.63) is 64.5 Å². The van der Waals surface area contributed by atoms with Crippen LogP contribution in [0, 0.1) is 19.7 Å². The molecule has 5 N–H and O–H groups in total. The van der Waals surface area contributed by atoms with Gasteiger partial charge in [-0.05, 0) is 54.8 Å². The first kappa shape index (κ1) is 21.1. The van der Waals surface area contributed by atoms with Gasteiger partial charge in [-0.25, -0.2) is 4.39 Å². The van der Waals surface area contributed by atoms with E-state index < -0.39 is 23.2 Å². The molecular formula is C21H22FN5O3. The number of aryl methyl sites for hydroxylation is 2. The summed E-state index contributed by atoms with van der Waals surface area (Å²) in [5.74, 6) is -2.07. The lowest BCUT2D eigenvalue weighted by atomic mass is 9.84. The number of hydrogen-bond acceptors (Lipinski definition) is 5. The quantitative estimate of drug-likeness (QED) is 0.588. The van der Waals surface area contributed by atoms with Crippen molar-refractivity contribution in [3.8, 4) is 0 Å². The van der Waals surface area contributed by atoms with Crippen molar-refractivity contribution in [2.24, 2.45) is 10.7 Å². The van der Waals surface area contributed by atoms with Crippen LogP contribution in [0.4, 0.5) is 10.1 Å². The lowest BCUT2D eigenvalue weighted by molar-refractivity contribution is -0.123. The third-order valence-corrected chi connectivity index (χ3v) is 5.05. The second kappa shape index (κ2) is 8.03. The Morgan fingerprint density at radius 1 is 1.10 bits per heavy atom. The van der Waals surface area contributed by atoms with Crippen LogP contribution < -0.4 is 21.7 Å². The molecule has 156 valence electrons. The van der Waals surface area contributed by atoms with Gasteiger partial charge in [-0.1, -0.05) is 12.1 Å². The number of nitrogens with zero attached hydrogens (tertiary/aromatic N) is 1. The molecule has 0 spiro atoms. The van der Waals surface area contributed by atoms with E-state index in [-0.39, 0.29) is 18.3 Å². The average molecular weight is 411 g/mol. The van der Waals surface area contributed by atoms with E-state index in [0.717, 1.165) is 0 Å². The summed E-state index contributed by atoms with van der Waals surface area (Å²) in [4.78, 5) is 41.2. The molecule has 8 nitrogen and oxygen atoms in total. The Hall–Kier alpha value is -3.59. The fraction of sp³-hybridized carbons (Fsp3) is 0.238.